The highest BCUT2D eigenvalue weighted by molar-refractivity contribution is 5.61. The first-order valence-corrected chi connectivity index (χ1v) is 10.2. The number of nitrogens with zero attached hydrogens (tertiary/aromatic N) is 2. The van der Waals surface area contributed by atoms with Gasteiger partial charge in [0.1, 0.15) is 0 Å². The molecule has 8 heteroatoms. The lowest BCUT2D eigenvalue weighted by atomic mass is 9.99. The Bertz CT molecular complexity index is 779. The Morgan fingerprint density at radius 3 is 2.72 bits per heavy atom. The zero-order valence-corrected chi connectivity index (χ0v) is 17.6. The molecule has 29 heavy (non-hydrogen) atoms. The lowest BCUT2D eigenvalue weighted by Crippen LogP contribution is -2.36. The van der Waals surface area contributed by atoms with Gasteiger partial charge in [0.2, 0.25) is 18.5 Å². The predicted molar refractivity (Wildman–Crippen MR) is 108 cm³/mol. The van der Waals surface area contributed by atoms with Crippen molar-refractivity contribution in [2.45, 2.75) is 46.3 Å². The van der Waals surface area contributed by atoms with Gasteiger partial charge in [-0.15, -0.1) is 0 Å². The summed E-state index contributed by atoms with van der Waals surface area (Å²) in [5.74, 6) is 3.08. The Hall–Kier alpha value is -2.16. The molecule has 1 aromatic carbocycles. The van der Waals surface area contributed by atoms with Gasteiger partial charge in [0, 0.05) is 18.7 Å². The van der Waals surface area contributed by atoms with Crippen LogP contribution in [0.15, 0.2) is 22.7 Å². The Labute approximate surface area is 171 Å². The number of aromatic nitrogens is 2. The molecule has 0 amide bonds. The Morgan fingerprint density at radius 1 is 1.17 bits per heavy atom. The average molecular weight is 405 g/mol. The number of hydrogen-bond acceptors (Lipinski definition) is 8. The first-order valence-electron chi connectivity index (χ1n) is 10.2. The highest BCUT2D eigenvalue weighted by Crippen LogP contribution is 2.35. The van der Waals surface area contributed by atoms with E-state index < -0.39 is 6.10 Å². The number of aliphatic hydroxyl groups excluding tert-OH is 1. The highest BCUT2D eigenvalue weighted by atomic mass is 16.7. The van der Waals surface area contributed by atoms with E-state index in [4.69, 9.17) is 18.7 Å². The van der Waals surface area contributed by atoms with Crippen molar-refractivity contribution in [3.8, 4) is 22.9 Å². The number of benzene rings is 1. The zero-order valence-electron chi connectivity index (χ0n) is 17.6. The topological polar surface area (TPSA) is 98.9 Å². The number of nitrogens with one attached hydrogen (secondary N) is 1. The van der Waals surface area contributed by atoms with Gasteiger partial charge in [-0.1, -0.05) is 39.3 Å². The van der Waals surface area contributed by atoms with Crippen LogP contribution in [-0.2, 0) is 4.74 Å². The largest absolute Gasteiger partial charge is 0.454 e. The monoisotopic (exact) mass is 405 g/mol. The van der Waals surface area contributed by atoms with Crippen LogP contribution in [0, 0.1) is 11.8 Å². The number of fused-ring (bicyclic) bond motifs is 1. The van der Waals surface area contributed by atoms with Crippen LogP contribution in [0.5, 0.6) is 11.5 Å². The van der Waals surface area contributed by atoms with Crippen LogP contribution in [0.2, 0.25) is 0 Å². The van der Waals surface area contributed by atoms with Gasteiger partial charge < -0.3 is 29.2 Å². The van der Waals surface area contributed by atoms with Crippen LogP contribution in [0.4, 0.5) is 0 Å². The smallest absolute Gasteiger partial charge is 0.244 e. The molecule has 0 saturated heterocycles. The van der Waals surface area contributed by atoms with E-state index >= 15 is 0 Å². The van der Waals surface area contributed by atoms with E-state index in [0.29, 0.717) is 48.9 Å². The van der Waals surface area contributed by atoms with Gasteiger partial charge in [-0.05, 0) is 30.0 Å². The van der Waals surface area contributed by atoms with Crippen molar-refractivity contribution in [3.63, 3.8) is 0 Å². The fourth-order valence-electron chi connectivity index (χ4n) is 3.04. The summed E-state index contributed by atoms with van der Waals surface area (Å²) >= 11 is 0. The Morgan fingerprint density at radius 2 is 1.97 bits per heavy atom. The van der Waals surface area contributed by atoms with Gasteiger partial charge in [0.15, 0.2) is 11.5 Å². The molecule has 0 bridgehead atoms. The van der Waals surface area contributed by atoms with E-state index in [1.807, 2.05) is 18.2 Å². The van der Waals surface area contributed by atoms with Gasteiger partial charge in [-0.3, -0.25) is 0 Å². The number of ether oxygens (including phenoxy) is 3. The van der Waals surface area contributed by atoms with Crippen LogP contribution in [0.25, 0.3) is 11.4 Å². The number of aliphatic hydroxyl groups is 1. The summed E-state index contributed by atoms with van der Waals surface area (Å²) in [6.07, 6.45) is 0.329. The third-order valence-corrected chi connectivity index (χ3v) is 4.89. The maximum atomic E-state index is 10.2. The molecule has 0 aliphatic carbocycles. The van der Waals surface area contributed by atoms with E-state index in [1.165, 1.54) is 0 Å². The first-order chi connectivity index (χ1) is 14.0. The van der Waals surface area contributed by atoms with E-state index in [0.717, 1.165) is 12.0 Å². The molecular formula is C21H31N3O5. The third-order valence-electron chi connectivity index (χ3n) is 4.89. The lowest BCUT2D eigenvalue weighted by molar-refractivity contribution is 0.0234. The molecule has 0 fully saturated rings. The molecule has 1 aliphatic heterocycles. The normalized spacial score (nSPS) is 16.2. The Kier molecular flexibility index (Phi) is 7.46. The third kappa shape index (κ3) is 5.68. The second kappa shape index (κ2) is 10.0. The minimum Gasteiger partial charge on any atom is -0.454 e. The molecule has 2 N–H and O–H groups in total. The second-order valence-corrected chi connectivity index (χ2v) is 7.88. The van der Waals surface area contributed by atoms with Crippen molar-refractivity contribution in [3.05, 3.63) is 24.1 Å². The molecule has 0 spiro atoms. The number of rotatable bonds is 11. The number of hydrogen-bond donors (Lipinski definition) is 2. The molecule has 0 saturated carbocycles. The molecule has 160 valence electrons. The van der Waals surface area contributed by atoms with Gasteiger partial charge in [-0.25, -0.2) is 0 Å². The van der Waals surface area contributed by atoms with Crippen molar-refractivity contribution < 1.29 is 23.8 Å². The maximum absolute atomic E-state index is 10.2. The van der Waals surface area contributed by atoms with E-state index in [2.05, 4.69) is 43.2 Å². The minimum atomic E-state index is -0.600. The van der Waals surface area contributed by atoms with Gasteiger partial charge in [-0.2, -0.15) is 4.98 Å². The fourth-order valence-corrected chi connectivity index (χ4v) is 3.04. The molecule has 1 aromatic heterocycles. The molecule has 3 atom stereocenters. The van der Waals surface area contributed by atoms with Crippen LogP contribution < -0.4 is 14.8 Å². The van der Waals surface area contributed by atoms with Gasteiger partial charge >= 0.3 is 0 Å². The van der Waals surface area contributed by atoms with E-state index in [9.17, 15) is 5.11 Å². The van der Waals surface area contributed by atoms with Crippen molar-refractivity contribution in [2.75, 3.05) is 26.6 Å². The molecule has 0 unspecified atom stereocenters. The molecule has 2 heterocycles. The minimum absolute atomic E-state index is 0.157. The van der Waals surface area contributed by atoms with Crippen LogP contribution in [0.1, 0.15) is 46.0 Å². The summed E-state index contributed by atoms with van der Waals surface area (Å²) in [4.78, 5) is 4.59. The summed E-state index contributed by atoms with van der Waals surface area (Å²) in [6.45, 7) is 9.92. The summed E-state index contributed by atoms with van der Waals surface area (Å²) in [7, 11) is 0. The average Bonchev–Trinajstić information content (AvgIpc) is 3.36. The van der Waals surface area contributed by atoms with Crippen LogP contribution in [-0.4, -0.2) is 47.9 Å². The van der Waals surface area contributed by atoms with Crippen molar-refractivity contribution in [2.24, 2.45) is 11.8 Å². The molecule has 2 aromatic rings. The molecule has 3 rings (SSSR count). The van der Waals surface area contributed by atoms with Gasteiger partial charge in [0.25, 0.3) is 0 Å². The van der Waals surface area contributed by atoms with Crippen molar-refractivity contribution >= 4 is 0 Å². The quantitative estimate of drug-likeness (QED) is 0.588. The first kappa shape index (κ1) is 21.5. The molecule has 0 radical (unpaired) electrons. The predicted octanol–water partition coefficient (Wildman–Crippen LogP) is 3.18. The van der Waals surface area contributed by atoms with Crippen LogP contribution >= 0.6 is 0 Å². The molecule has 8 nitrogen and oxygen atoms in total. The van der Waals surface area contributed by atoms with Crippen molar-refractivity contribution in [1.82, 2.24) is 15.5 Å². The summed E-state index contributed by atoms with van der Waals surface area (Å²) in [5, 5.41) is 17.7. The standard InChI is InChI=1S/C21H31N3O5/c1-5-14(4)19(22-9-16(25)11-26-10-13(2)3)21-23-20(24-29-21)15-6-7-17-18(8-15)28-12-27-17/h6-8,13-14,16,19,22,25H,5,9-12H2,1-4H3/t14-,16+,19+/m0/s1. The summed E-state index contributed by atoms with van der Waals surface area (Å²) in [6, 6.07) is 5.41. The summed E-state index contributed by atoms with van der Waals surface area (Å²) < 4.78 is 21.8. The molecule has 1 aliphatic rings. The van der Waals surface area contributed by atoms with Crippen molar-refractivity contribution in [1.29, 1.82) is 0 Å². The van der Waals surface area contributed by atoms with Gasteiger partial charge in [0.05, 0.1) is 18.8 Å². The van der Waals surface area contributed by atoms with E-state index in [-0.39, 0.29) is 18.8 Å². The SMILES string of the molecule is CC[C@H](C)[C@@H](NC[C@@H](O)COCC(C)C)c1nc(-c2ccc3c(c2)OCO3)no1. The zero-order chi connectivity index (χ0) is 20.8. The highest BCUT2D eigenvalue weighted by Gasteiger charge is 2.25. The Balaban J connectivity index is 1.65. The lowest BCUT2D eigenvalue weighted by Gasteiger charge is -2.22. The van der Waals surface area contributed by atoms with E-state index in [1.54, 1.807) is 0 Å². The fraction of sp³-hybridized carbons (Fsp3) is 0.619. The summed E-state index contributed by atoms with van der Waals surface area (Å²) in [5.41, 5.74) is 0.800. The van der Waals surface area contributed by atoms with Crippen LogP contribution in [0.3, 0.4) is 0 Å². The second-order valence-electron chi connectivity index (χ2n) is 7.88. The maximum Gasteiger partial charge on any atom is 0.244 e. The molecular weight excluding hydrogens is 374 g/mol.